The molecule has 2 aromatic heterocycles. The SMILES string of the molecule is COC(CN1CCN(c2ccc(-c3ccc4c(ccc5sc6c(c54)OC[C@@H](C)N(C(=O)OC(C)(C)C)C6=O)n3)cc2)CC1)OC. The van der Waals surface area contributed by atoms with Crippen LogP contribution in [0.15, 0.2) is 48.5 Å². The number of piperazine rings is 1. The van der Waals surface area contributed by atoms with Crippen LogP contribution in [0.4, 0.5) is 10.5 Å². The molecule has 2 aliphatic heterocycles. The van der Waals surface area contributed by atoms with E-state index in [0.29, 0.717) is 10.6 Å². The van der Waals surface area contributed by atoms with Gasteiger partial charge in [-0.15, -0.1) is 11.3 Å². The van der Waals surface area contributed by atoms with Gasteiger partial charge >= 0.3 is 6.09 Å². The van der Waals surface area contributed by atoms with Crippen LogP contribution in [0.2, 0.25) is 0 Å². The third-order valence-corrected chi connectivity index (χ3v) is 9.35. The highest BCUT2D eigenvalue weighted by molar-refractivity contribution is 7.21. The molecule has 238 valence electrons. The fourth-order valence-corrected chi connectivity index (χ4v) is 6.96. The first-order valence-electron chi connectivity index (χ1n) is 15.2. The van der Waals surface area contributed by atoms with Gasteiger partial charge in [-0.25, -0.2) is 14.7 Å². The second-order valence-electron chi connectivity index (χ2n) is 12.5. The topological polar surface area (TPSA) is 93.7 Å². The third-order valence-electron chi connectivity index (χ3n) is 8.22. The largest absolute Gasteiger partial charge is 0.489 e. The van der Waals surface area contributed by atoms with Gasteiger partial charge in [0.05, 0.1) is 17.3 Å². The number of fused-ring (bicyclic) bond motifs is 5. The molecule has 11 heteroatoms. The van der Waals surface area contributed by atoms with E-state index in [4.69, 9.17) is 23.9 Å². The van der Waals surface area contributed by atoms with Crippen molar-refractivity contribution >= 4 is 50.0 Å². The van der Waals surface area contributed by atoms with E-state index < -0.39 is 23.6 Å². The molecule has 0 saturated carbocycles. The van der Waals surface area contributed by atoms with Crippen molar-refractivity contribution in [1.29, 1.82) is 0 Å². The van der Waals surface area contributed by atoms with E-state index in [1.165, 1.54) is 21.9 Å². The number of hydrogen-bond donors (Lipinski definition) is 0. The number of pyridine rings is 1. The summed E-state index contributed by atoms with van der Waals surface area (Å²) in [7, 11) is 3.35. The van der Waals surface area contributed by atoms with E-state index in [9.17, 15) is 9.59 Å². The summed E-state index contributed by atoms with van der Waals surface area (Å²) < 4.78 is 23.4. The molecule has 0 bridgehead atoms. The fraction of sp³-hybridized carbons (Fsp3) is 0.441. The molecule has 2 aliphatic rings. The maximum atomic E-state index is 13.7. The normalized spacial score (nSPS) is 17.9. The number of imide groups is 1. The van der Waals surface area contributed by atoms with Crippen molar-refractivity contribution < 1.29 is 28.5 Å². The highest BCUT2D eigenvalue weighted by Gasteiger charge is 2.38. The average Bonchev–Trinajstić information content (AvgIpc) is 3.35. The highest BCUT2D eigenvalue weighted by Crippen LogP contribution is 2.44. The van der Waals surface area contributed by atoms with Crippen molar-refractivity contribution in [1.82, 2.24) is 14.8 Å². The number of thiophene rings is 1. The molecule has 6 rings (SSSR count). The van der Waals surface area contributed by atoms with Crippen LogP contribution in [0.25, 0.3) is 32.2 Å². The molecule has 1 atom stereocenters. The summed E-state index contributed by atoms with van der Waals surface area (Å²) in [5.74, 6) is 0.0984. The number of anilines is 1. The molecule has 0 N–H and O–H groups in total. The number of carbonyl (C=O) groups is 2. The number of benzene rings is 2. The lowest BCUT2D eigenvalue weighted by molar-refractivity contribution is -0.116. The van der Waals surface area contributed by atoms with E-state index in [2.05, 4.69) is 34.1 Å². The number of amides is 2. The van der Waals surface area contributed by atoms with E-state index in [0.717, 1.165) is 65.0 Å². The molecule has 1 fully saturated rings. The van der Waals surface area contributed by atoms with E-state index in [-0.39, 0.29) is 12.9 Å². The van der Waals surface area contributed by atoms with Gasteiger partial charge in [0.1, 0.15) is 17.1 Å². The van der Waals surface area contributed by atoms with Gasteiger partial charge in [-0.1, -0.05) is 12.1 Å². The zero-order chi connectivity index (χ0) is 31.9. The number of hydrogen-bond acceptors (Lipinski definition) is 10. The van der Waals surface area contributed by atoms with Gasteiger partial charge in [0.2, 0.25) is 0 Å². The van der Waals surface area contributed by atoms with Crippen molar-refractivity contribution in [3.8, 4) is 17.0 Å². The zero-order valence-electron chi connectivity index (χ0n) is 26.7. The standard InChI is InChI=1S/C34H40N4O6S/c1-21-20-43-30-29-24-11-12-25(22-7-9-23(10-8-22)37-17-15-36(16-18-37)19-28(41-5)42-6)35-26(24)13-14-27(29)45-31(30)32(39)38(21)33(40)44-34(2,3)4/h7-14,21,28H,15-20H2,1-6H3/t21-/m1/s1. The Bertz CT molecular complexity index is 1700. The summed E-state index contributed by atoms with van der Waals surface area (Å²) in [6, 6.07) is 16.1. The van der Waals surface area contributed by atoms with Crippen LogP contribution < -0.4 is 9.64 Å². The van der Waals surface area contributed by atoms with Crippen LogP contribution >= 0.6 is 11.3 Å². The minimum absolute atomic E-state index is 0.175. The Morgan fingerprint density at radius 3 is 2.40 bits per heavy atom. The Hall–Kier alpha value is -3.77. The molecule has 45 heavy (non-hydrogen) atoms. The second kappa shape index (κ2) is 12.6. The summed E-state index contributed by atoms with van der Waals surface area (Å²) in [5, 5.41) is 1.74. The van der Waals surface area contributed by atoms with Gasteiger partial charge in [0.25, 0.3) is 5.91 Å². The quantitative estimate of drug-likeness (QED) is 0.237. The van der Waals surface area contributed by atoms with Crippen LogP contribution in [0, 0.1) is 0 Å². The molecular formula is C34H40N4O6S. The summed E-state index contributed by atoms with van der Waals surface area (Å²) in [4.78, 5) is 38.0. The average molecular weight is 633 g/mol. The van der Waals surface area contributed by atoms with Crippen molar-refractivity contribution in [3.05, 3.63) is 53.4 Å². The maximum Gasteiger partial charge on any atom is 0.417 e. The Morgan fingerprint density at radius 1 is 1.02 bits per heavy atom. The molecule has 0 aliphatic carbocycles. The van der Waals surface area contributed by atoms with E-state index >= 15 is 0 Å². The highest BCUT2D eigenvalue weighted by atomic mass is 32.1. The number of rotatable bonds is 6. The summed E-state index contributed by atoms with van der Waals surface area (Å²) in [6.07, 6.45) is -0.870. The number of carbonyl (C=O) groups excluding carboxylic acids is 2. The van der Waals surface area contributed by atoms with Gasteiger partial charge in [0, 0.05) is 73.7 Å². The summed E-state index contributed by atoms with van der Waals surface area (Å²) >= 11 is 1.33. The minimum Gasteiger partial charge on any atom is -0.489 e. The lowest BCUT2D eigenvalue weighted by atomic mass is 10.1. The summed E-state index contributed by atoms with van der Waals surface area (Å²) in [5.41, 5.74) is 3.17. The Morgan fingerprint density at radius 2 is 1.73 bits per heavy atom. The molecule has 0 unspecified atom stereocenters. The van der Waals surface area contributed by atoms with Gasteiger partial charge in [0.15, 0.2) is 12.0 Å². The van der Waals surface area contributed by atoms with Crippen LogP contribution in [0.1, 0.15) is 37.4 Å². The van der Waals surface area contributed by atoms with Gasteiger partial charge in [-0.3, -0.25) is 9.69 Å². The minimum atomic E-state index is -0.721. The van der Waals surface area contributed by atoms with Crippen molar-refractivity contribution in [3.63, 3.8) is 0 Å². The van der Waals surface area contributed by atoms with Crippen molar-refractivity contribution in [2.24, 2.45) is 0 Å². The monoisotopic (exact) mass is 632 g/mol. The van der Waals surface area contributed by atoms with Crippen molar-refractivity contribution in [2.45, 2.75) is 45.6 Å². The van der Waals surface area contributed by atoms with Gasteiger partial charge in [-0.2, -0.15) is 0 Å². The number of methoxy groups -OCH3 is 2. The molecule has 4 aromatic rings. The first-order valence-corrected chi connectivity index (χ1v) is 16.1. The zero-order valence-corrected chi connectivity index (χ0v) is 27.5. The molecule has 0 radical (unpaired) electrons. The molecule has 10 nitrogen and oxygen atoms in total. The Labute approximate surface area is 267 Å². The molecule has 0 spiro atoms. The van der Waals surface area contributed by atoms with E-state index in [1.807, 2.05) is 24.3 Å². The number of ether oxygens (including phenoxy) is 4. The van der Waals surface area contributed by atoms with Crippen LogP contribution in [-0.4, -0.2) is 98.3 Å². The summed E-state index contributed by atoms with van der Waals surface area (Å²) in [6.45, 7) is 11.9. The molecular weight excluding hydrogens is 592 g/mol. The smallest absolute Gasteiger partial charge is 0.417 e. The van der Waals surface area contributed by atoms with Crippen LogP contribution in [-0.2, 0) is 14.2 Å². The van der Waals surface area contributed by atoms with Gasteiger partial charge < -0.3 is 23.8 Å². The number of aromatic nitrogens is 1. The lowest BCUT2D eigenvalue weighted by Crippen LogP contribution is -2.49. The first-order chi connectivity index (χ1) is 21.6. The second-order valence-corrected chi connectivity index (χ2v) is 13.6. The van der Waals surface area contributed by atoms with Crippen LogP contribution in [0.3, 0.4) is 0 Å². The fourth-order valence-electron chi connectivity index (χ4n) is 5.86. The Balaban J connectivity index is 1.23. The Kier molecular flexibility index (Phi) is 8.71. The molecule has 1 saturated heterocycles. The van der Waals surface area contributed by atoms with E-state index in [1.54, 1.807) is 41.9 Å². The van der Waals surface area contributed by atoms with Gasteiger partial charge in [-0.05, 0) is 64.1 Å². The molecule has 2 aromatic carbocycles. The maximum absolute atomic E-state index is 13.7. The van der Waals surface area contributed by atoms with Crippen LogP contribution in [0.5, 0.6) is 5.75 Å². The third kappa shape index (κ3) is 6.35. The van der Waals surface area contributed by atoms with Crippen molar-refractivity contribution in [2.75, 3.05) is 58.5 Å². The molecule has 2 amide bonds. The first kappa shape index (κ1) is 31.2. The lowest BCUT2D eigenvalue weighted by Gasteiger charge is -2.37. The number of nitrogens with zero attached hydrogens (tertiary/aromatic N) is 4. The predicted octanol–water partition coefficient (Wildman–Crippen LogP) is 6.02. The predicted molar refractivity (Wildman–Crippen MR) is 176 cm³/mol. The molecule has 4 heterocycles.